The van der Waals surface area contributed by atoms with E-state index < -0.39 is 33.5 Å². The number of thiophene rings is 1. The highest BCUT2D eigenvalue weighted by Gasteiger charge is 2.32. The third-order valence-electron chi connectivity index (χ3n) is 5.28. The van der Waals surface area contributed by atoms with Crippen LogP contribution in [0.25, 0.3) is 11.1 Å². The van der Waals surface area contributed by atoms with Gasteiger partial charge in [0.05, 0.1) is 14.2 Å². The van der Waals surface area contributed by atoms with Gasteiger partial charge < -0.3 is 9.47 Å². The average molecular weight is 582 g/mol. The van der Waals surface area contributed by atoms with E-state index in [0.717, 1.165) is 20.8 Å². The van der Waals surface area contributed by atoms with Gasteiger partial charge in [0.1, 0.15) is 22.2 Å². The third kappa shape index (κ3) is 4.63. The largest absolute Gasteiger partial charge is 0.479 e. The summed E-state index contributed by atoms with van der Waals surface area (Å²) >= 11 is 4.85. The van der Waals surface area contributed by atoms with Crippen molar-refractivity contribution in [1.29, 1.82) is 0 Å². The molecule has 4 aromatic rings. The average Bonchev–Trinajstić information content (AvgIpc) is 3.24. The molecule has 0 fully saturated rings. The molecule has 0 saturated carbocycles. The Morgan fingerprint density at radius 1 is 1.03 bits per heavy atom. The Labute approximate surface area is 211 Å². The highest BCUT2D eigenvalue weighted by Crippen LogP contribution is 2.51. The molecule has 35 heavy (non-hydrogen) atoms. The lowest BCUT2D eigenvalue weighted by molar-refractivity contribution is -0.0496. The number of hydrogen-bond acceptors (Lipinski definition) is 5. The maximum Gasteiger partial charge on any atom is 0.387 e. The lowest BCUT2D eigenvalue weighted by atomic mass is 9.91. The second-order valence-electron chi connectivity index (χ2n) is 7.49. The molecule has 1 aromatic heterocycles. The topological polar surface area (TPSA) is 64.6 Å². The molecular weight excluding hydrogens is 567 g/mol. The molecular formula is C24H15BrF3NO4S2. The molecule has 1 atom stereocenters. The lowest BCUT2D eigenvalue weighted by Crippen LogP contribution is -2.18. The number of halogens is 4. The molecule has 0 saturated heterocycles. The van der Waals surface area contributed by atoms with E-state index in [1.807, 2.05) is 12.1 Å². The van der Waals surface area contributed by atoms with Gasteiger partial charge in [0.25, 0.3) is 10.0 Å². The van der Waals surface area contributed by atoms with Crippen molar-refractivity contribution in [2.24, 2.45) is 0 Å². The number of nitrogens with one attached hydrogen (secondary N) is 1. The molecule has 3 aromatic carbocycles. The van der Waals surface area contributed by atoms with Crippen molar-refractivity contribution in [3.05, 3.63) is 92.8 Å². The van der Waals surface area contributed by atoms with Gasteiger partial charge in [-0.3, -0.25) is 4.72 Å². The summed E-state index contributed by atoms with van der Waals surface area (Å²) in [5, 5.41) is 0. The summed E-state index contributed by atoms with van der Waals surface area (Å²) in [6.45, 7) is -3.04. The summed E-state index contributed by atoms with van der Waals surface area (Å²) in [7, 11) is -4.23. The van der Waals surface area contributed by atoms with Crippen molar-refractivity contribution in [2.75, 3.05) is 4.72 Å². The minimum Gasteiger partial charge on any atom is -0.479 e. The molecule has 1 N–H and O–H groups in total. The molecule has 0 bridgehead atoms. The smallest absolute Gasteiger partial charge is 0.387 e. The minimum atomic E-state index is -4.23. The molecule has 180 valence electrons. The van der Waals surface area contributed by atoms with Gasteiger partial charge in [0.15, 0.2) is 6.10 Å². The Kier molecular flexibility index (Phi) is 6.24. The van der Waals surface area contributed by atoms with E-state index in [4.69, 9.17) is 9.47 Å². The molecule has 0 amide bonds. The number of fused-ring (bicyclic) bond motifs is 3. The van der Waals surface area contributed by atoms with Crippen LogP contribution in [-0.4, -0.2) is 15.0 Å². The van der Waals surface area contributed by atoms with Crippen LogP contribution >= 0.6 is 27.3 Å². The van der Waals surface area contributed by atoms with E-state index in [2.05, 4.69) is 20.7 Å². The fraction of sp³-hybridized carbons (Fsp3) is 0.0833. The summed E-state index contributed by atoms with van der Waals surface area (Å²) in [5.41, 5.74) is 1.57. The normalized spacial score (nSPS) is 14.7. The minimum absolute atomic E-state index is 0.0655. The highest BCUT2D eigenvalue weighted by molar-refractivity contribution is 9.11. The summed E-state index contributed by atoms with van der Waals surface area (Å²) < 4.78 is 80.1. The molecule has 0 spiro atoms. The monoisotopic (exact) mass is 581 g/mol. The van der Waals surface area contributed by atoms with Crippen LogP contribution in [0.1, 0.15) is 16.5 Å². The van der Waals surface area contributed by atoms with Gasteiger partial charge in [-0.2, -0.15) is 8.78 Å². The zero-order valence-corrected chi connectivity index (χ0v) is 20.8. The quantitative estimate of drug-likeness (QED) is 0.261. The maximum absolute atomic E-state index is 14.1. The first-order chi connectivity index (χ1) is 16.7. The maximum atomic E-state index is 14.1. The van der Waals surface area contributed by atoms with Crippen LogP contribution in [0.2, 0.25) is 0 Å². The standard InChI is InChI=1S/C24H15BrF3NO4S2/c25-21-11-10-19(34-21)23-15-12-13(29-35(30,31)20-7-2-1-4-16(20)26)8-9-14(15)22-17(32-23)5-3-6-18(22)33-24(27)28/h1-12,23-24,29H. The van der Waals surface area contributed by atoms with E-state index in [0.29, 0.717) is 22.4 Å². The molecule has 1 aliphatic heterocycles. The summed E-state index contributed by atoms with van der Waals surface area (Å²) in [5.74, 6) is -0.598. The van der Waals surface area contributed by atoms with Crippen LogP contribution in [0.15, 0.2) is 81.5 Å². The number of rotatable bonds is 6. The van der Waals surface area contributed by atoms with Crippen molar-refractivity contribution in [3.63, 3.8) is 0 Å². The van der Waals surface area contributed by atoms with E-state index in [9.17, 15) is 21.6 Å². The number of hydrogen-bond donors (Lipinski definition) is 1. The number of sulfonamides is 1. The van der Waals surface area contributed by atoms with Crippen molar-refractivity contribution in [3.8, 4) is 22.6 Å². The molecule has 11 heteroatoms. The van der Waals surface area contributed by atoms with Crippen molar-refractivity contribution in [2.45, 2.75) is 17.6 Å². The zero-order valence-electron chi connectivity index (χ0n) is 17.5. The number of anilines is 1. The Hall–Kier alpha value is -3.02. The zero-order chi connectivity index (χ0) is 24.7. The van der Waals surface area contributed by atoms with Crippen LogP contribution in [0.5, 0.6) is 11.5 Å². The number of ether oxygens (including phenoxy) is 2. The SMILES string of the molecule is O=S(=O)(Nc1ccc2c(c1)C(c1ccc(Br)s1)Oc1cccc(OC(F)F)c1-2)c1ccccc1F. The van der Waals surface area contributed by atoms with Crippen LogP contribution in [0.4, 0.5) is 18.9 Å². The molecule has 0 radical (unpaired) electrons. The molecule has 5 rings (SSSR count). The molecule has 5 nitrogen and oxygen atoms in total. The molecule has 1 aliphatic rings. The lowest BCUT2D eigenvalue weighted by Gasteiger charge is -2.30. The molecule has 0 aliphatic carbocycles. The van der Waals surface area contributed by atoms with Gasteiger partial charge in [0, 0.05) is 11.3 Å². The molecule has 2 heterocycles. The first-order valence-electron chi connectivity index (χ1n) is 10.1. The number of benzene rings is 3. The summed E-state index contributed by atoms with van der Waals surface area (Å²) in [6, 6.07) is 18.0. The van der Waals surface area contributed by atoms with Crippen molar-refractivity contribution < 1.29 is 31.1 Å². The Morgan fingerprint density at radius 3 is 2.54 bits per heavy atom. The van der Waals surface area contributed by atoms with Gasteiger partial charge in [-0.25, -0.2) is 12.8 Å². The van der Waals surface area contributed by atoms with Crippen LogP contribution in [-0.2, 0) is 10.0 Å². The van der Waals surface area contributed by atoms with Crippen molar-refractivity contribution in [1.82, 2.24) is 0 Å². The second-order valence-corrected chi connectivity index (χ2v) is 11.6. The van der Waals surface area contributed by atoms with Gasteiger partial charge in [-0.15, -0.1) is 11.3 Å². The van der Waals surface area contributed by atoms with E-state index in [-0.39, 0.29) is 11.4 Å². The van der Waals surface area contributed by atoms with Crippen LogP contribution in [0, 0.1) is 5.82 Å². The second kappa shape index (κ2) is 9.21. The van der Waals surface area contributed by atoms with Crippen LogP contribution < -0.4 is 14.2 Å². The van der Waals surface area contributed by atoms with Gasteiger partial charge in [-0.05, 0) is 70.0 Å². The fourth-order valence-electron chi connectivity index (χ4n) is 3.88. The van der Waals surface area contributed by atoms with E-state index >= 15 is 0 Å². The van der Waals surface area contributed by atoms with E-state index in [1.54, 1.807) is 24.3 Å². The fourth-order valence-corrected chi connectivity index (χ4v) is 6.49. The predicted molar refractivity (Wildman–Crippen MR) is 130 cm³/mol. The molecule has 1 unspecified atom stereocenters. The first-order valence-corrected chi connectivity index (χ1v) is 13.2. The Bertz CT molecular complexity index is 1520. The number of alkyl halides is 2. The summed E-state index contributed by atoms with van der Waals surface area (Å²) in [6.07, 6.45) is -0.645. The Morgan fingerprint density at radius 2 is 1.83 bits per heavy atom. The van der Waals surface area contributed by atoms with E-state index in [1.165, 1.54) is 35.6 Å². The van der Waals surface area contributed by atoms with Gasteiger partial charge in [0.2, 0.25) is 0 Å². The third-order valence-corrected chi connectivity index (χ3v) is 8.36. The first kappa shape index (κ1) is 23.7. The highest BCUT2D eigenvalue weighted by atomic mass is 79.9. The predicted octanol–water partition coefficient (Wildman–Crippen LogP) is 7.20. The Balaban J connectivity index is 1.63. The van der Waals surface area contributed by atoms with Gasteiger partial charge in [-0.1, -0.05) is 24.3 Å². The summed E-state index contributed by atoms with van der Waals surface area (Å²) in [4.78, 5) is 0.309. The van der Waals surface area contributed by atoms with Crippen molar-refractivity contribution >= 4 is 43.0 Å². The van der Waals surface area contributed by atoms with Crippen LogP contribution in [0.3, 0.4) is 0 Å². The van der Waals surface area contributed by atoms with Gasteiger partial charge >= 0.3 is 6.61 Å².